The zero-order valence-corrected chi connectivity index (χ0v) is 23.0. The highest BCUT2D eigenvalue weighted by Gasteiger charge is 2.47. The molecular weight excluding hydrogens is 561 g/mol. The van der Waals surface area contributed by atoms with Crippen LogP contribution in [0.15, 0.2) is 42.5 Å². The van der Waals surface area contributed by atoms with Crippen LogP contribution in [0, 0.1) is 5.82 Å². The van der Waals surface area contributed by atoms with Gasteiger partial charge in [-0.15, -0.1) is 0 Å². The first-order chi connectivity index (χ1) is 19.9. The van der Waals surface area contributed by atoms with Gasteiger partial charge in [0.1, 0.15) is 35.6 Å². The van der Waals surface area contributed by atoms with E-state index in [0.717, 1.165) is 0 Å². The third-order valence-electron chi connectivity index (χ3n) is 7.45. The molecule has 1 saturated heterocycles. The van der Waals surface area contributed by atoms with E-state index in [1.165, 1.54) is 56.3 Å². The molecule has 2 aliphatic rings. The number of nitrogens with zero attached hydrogens (tertiary/aromatic N) is 1. The van der Waals surface area contributed by atoms with Crippen molar-refractivity contribution in [2.45, 2.75) is 68.9 Å². The summed E-state index contributed by atoms with van der Waals surface area (Å²) in [5.41, 5.74) is -0.262. The van der Waals surface area contributed by atoms with E-state index in [1.807, 2.05) is 4.90 Å². The molecule has 2 aromatic carbocycles. The van der Waals surface area contributed by atoms with Gasteiger partial charge in [0, 0.05) is 24.7 Å². The van der Waals surface area contributed by atoms with Gasteiger partial charge in [0.15, 0.2) is 12.2 Å². The van der Waals surface area contributed by atoms with Crippen LogP contribution in [0.1, 0.15) is 43.9 Å². The number of phenolic OH excluding ortho intramolecular Hbond substituents is 1. The number of hydrogen-bond donors (Lipinski definition) is 5. The number of halogens is 1. The van der Waals surface area contributed by atoms with Gasteiger partial charge in [0.25, 0.3) is 0 Å². The van der Waals surface area contributed by atoms with E-state index in [9.17, 15) is 39.5 Å². The topological polar surface area (TPSA) is 185 Å². The molecule has 4 rings (SSSR count). The van der Waals surface area contributed by atoms with E-state index in [0.29, 0.717) is 24.2 Å². The maximum atomic E-state index is 13.4. The Morgan fingerprint density at radius 1 is 1.07 bits per heavy atom. The quantitative estimate of drug-likeness (QED) is 0.192. The lowest BCUT2D eigenvalue weighted by Crippen LogP contribution is -2.59. The molecule has 2 heterocycles. The summed E-state index contributed by atoms with van der Waals surface area (Å²) in [6.45, 7) is 3.53. The minimum absolute atomic E-state index is 0.0303. The number of likely N-dealkylation sites (tertiary alicyclic amines) is 1. The van der Waals surface area contributed by atoms with Crippen LogP contribution in [-0.2, 0) is 34.7 Å². The Kier molecular flexibility index (Phi) is 9.99. The molecule has 1 fully saturated rings. The number of carbonyl (C=O) groups excluding carboxylic acids is 2. The molecular formula is C28H34FNO12. The van der Waals surface area contributed by atoms with Crippen LogP contribution in [-0.4, -0.2) is 92.5 Å². The van der Waals surface area contributed by atoms with E-state index in [4.69, 9.17) is 9.62 Å². The Bertz CT molecular complexity index is 1240. The predicted octanol–water partition coefficient (Wildman–Crippen LogP) is 0.758. The van der Waals surface area contributed by atoms with Crippen molar-refractivity contribution >= 4 is 11.9 Å². The van der Waals surface area contributed by atoms with Crippen molar-refractivity contribution < 1.29 is 63.8 Å². The van der Waals surface area contributed by atoms with E-state index in [-0.39, 0.29) is 30.9 Å². The minimum atomic E-state index is -2.36. The highest BCUT2D eigenvalue weighted by atomic mass is 19.1. The maximum Gasteiger partial charge on any atom is 0.373 e. The fourth-order valence-corrected chi connectivity index (χ4v) is 5.12. The summed E-state index contributed by atoms with van der Waals surface area (Å²) < 4.78 is 19.5. The first-order valence-electron chi connectivity index (χ1n) is 13.4. The molecule has 0 aromatic heterocycles. The van der Waals surface area contributed by atoms with Crippen LogP contribution in [0.25, 0.3) is 0 Å². The molecule has 0 bridgehead atoms. The SMILES string of the molecule is CCOOC(=O)C(O)C(O)C(=O)OOC(C)C1Oc2cc(O)ccc2[C@H](O)[C@H]1N1CCC(O)(c2ccc(F)cc2)CC1. The third-order valence-corrected chi connectivity index (χ3v) is 7.45. The molecule has 4 unspecified atom stereocenters. The largest absolute Gasteiger partial charge is 0.508 e. The van der Waals surface area contributed by atoms with Crippen LogP contribution < -0.4 is 4.74 Å². The first-order valence-corrected chi connectivity index (χ1v) is 13.4. The Morgan fingerprint density at radius 3 is 2.31 bits per heavy atom. The lowest BCUT2D eigenvalue weighted by Gasteiger charge is -2.48. The van der Waals surface area contributed by atoms with Crippen molar-refractivity contribution in [2.75, 3.05) is 19.7 Å². The third kappa shape index (κ3) is 6.81. The number of benzene rings is 2. The molecule has 13 nitrogen and oxygen atoms in total. The van der Waals surface area contributed by atoms with Gasteiger partial charge in [-0.2, -0.15) is 9.78 Å². The second kappa shape index (κ2) is 13.3. The number of piperidine rings is 1. The van der Waals surface area contributed by atoms with Crippen molar-refractivity contribution in [3.05, 3.63) is 59.4 Å². The van der Waals surface area contributed by atoms with E-state index < -0.39 is 59.9 Å². The number of aliphatic hydroxyl groups is 4. The van der Waals surface area contributed by atoms with E-state index >= 15 is 0 Å². The number of aliphatic hydroxyl groups excluding tert-OH is 3. The molecule has 2 aliphatic heterocycles. The summed E-state index contributed by atoms with van der Waals surface area (Å²) in [5.74, 6) is -3.29. The molecule has 230 valence electrons. The molecule has 0 saturated carbocycles. The van der Waals surface area contributed by atoms with Crippen LogP contribution in [0.4, 0.5) is 4.39 Å². The van der Waals surface area contributed by atoms with Gasteiger partial charge in [0.2, 0.25) is 0 Å². The molecule has 5 N–H and O–H groups in total. The number of rotatable bonds is 10. The molecule has 0 amide bonds. The maximum absolute atomic E-state index is 13.4. The molecule has 6 atom stereocenters. The number of aromatic hydroxyl groups is 1. The summed E-state index contributed by atoms with van der Waals surface area (Å²) in [4.78, 5) is 44.3. The average molecular weight is 596 g/mol. The molecule has 2 aromatic rings. The molecule has 14 heteroatoms. The van der Waals surface area contributed by atoms with E-state index in [1.54, 1.807) is 0 Å². The van der Waals surface area contributed by atoms with Crippen molar-refractivity contribution in [2.24, 2.45) is 0 Å². The lowest BCUT2D eigenvalue weighted by atomic mass is 9.82. The number of ether oxygens (including phenoxy) is 1. The monoisotopic (exact) mass is 595 g/mol. The summed E-state index contributed by atoms with van der Waals surface area (Å²) in [6, 6.07) is 9.05. The molecule has 0 aliphatic carbocycles. The van der Waals surface area contributed by atoms with Crippen molar-refractivity contribution in [1.82, 2.24) is 4.90 Å². The Morgan fingerprint density at radius 2 is 1.69 bits per heavy atom. The van der Waals surface area contributed by atoms with Crippen LogP contribution in [0.3, 0.4) is 0 Å². The standard InChI is InChI=1S/C28H34FNO12/c1-3-38-41-26(35)23(33)24(34)27(36)42-40-15(2)25-21(22(32)19-9-8-18(31)14-20(19)39-25)30-12-10-28(37,11-13-30)16-4-6-17(29)7-5-16/h4-9,14-15,21-25,31-34,37H,3,10-13H2,1-2H3/t15?,21-,22+,23?,24?,25?/m1/s1. The first kappa shape index (κ1) is 31.6. The number of phenols is 1. The minimum Gasteiger partial charge on any atom is -0.508 e. The Balaban J connectivity index is 1.48. The van der Waals surface area contributed by atoms with Gasteiger partial charge in [-0.05, 0) is 56.5 Å². The number of carbonyl (C=O) groups is 2. The zero-order chi connectivity index (χ0) is 30.6. The van der Waals surface area contributed by atoms with Gasteiger partial charge in [0.05, 0.1) is 18.2 Å². The van der Waals surface area contributed by atoms with Gasteiger partial charge in [-0.1, -0.05) is 12.1 Å². The predicted molar refractivity (Wildman–Crippen MR) is 139 cm³/mol. The van der Waals surface area contributed by atoms with Crippen LogP contribution >= 0.6 is 0 Å². The average Bonchev–Trinajstić information content (AvgIpc) is 2.98. The van der Waals surface area contributed by atoms with Gasteiger partial charge in [-0.25, -0.2) is 14.0 Å². The zero-order valence-electron chi connectivity index (χ0n) is 23.0. The fraction of sp³-hybridized carbons (Fsp3) is 0.500. The summed E-state index contributed by atoms with van der Waals surface area (Å²) in [7, 11) is 0. The van der Waals surface area contributed by atoms with Crippen LogP contribution in [0.5, 0.6) is 11.5 Å². The summed E-state index contributed by atoms with van der Waals surface area (Å²) in [5, 5.41) is 52.5. The van der Waals surface area contributed by atoms with E-state index in [2.05, 4.69) is 14.7 Å². The molecule has 0 radical (unpaired) electrons. The van der Waals surface area contributed by atoms with Crippen LogP contribution in [0.2, 0.25) is 0 Å². The highest BCUT2D eigenvalue weighted by Crippen LogP contribution is 2.43. The van der Waals surface area contributed by atoms with Crippen molar-refractivity contribution in [3.63, 3.8) is 0 Å². The Labute approximate surface area is 240 Å². The normalized spacial score (nSPS) is 24.0. The van der Waals surface area contributed by atoms with Gasteiger partial charge in [-0.3, -0.25) is 14.7 Å². The van der Waals surface area contributed by atoms with Crippen molar-refractivity contribution in [3.8, 4) is 11.5 Å². The fourth-order valence-electron chi connectivity index (χ4n) is 5.12. The second-order valence-corrected chi connectivity index (χ2v) is 10.2. The lowest BCUT2D eigenvalue weighted by molar-refractivity contribution is -0.319. The molecule has 0 spiro atoms. The summed E-state index contributed by atoms with van der Waals surface area (Å²) >= 11 is 0. The smallest absolute Gasteiger partial charge is 0.373 e. The summed E-state index contributed by atoms with van der Waals surface area (Å²) in [6.07, 6.45) is -7.43. The Hall–Kier alpha value is -3.37. The molecule has 42 heavy (non-hydrogen) atoms. The van der Waals surface area contributed by atoms with Gasteiger partial charge >= 0.3 is 11.9 Å². The highest BCUT2D eigenvalue weighted by molar-refractivity contribution is 5.84. The second-order valence-electron chi connectivity index (χ2n) is 10.2. The van der Waals surface area contributed by atoms with Crippen molar-refractivity contribution in [1.29, 1.82) is 0 Å². The number of hydrogen-bond acceptors (Lipinski definition) is 13. The van der Waals surface area contributed by atoms with Gasteiger partial charge < -0.3 is 30.3 Å². The number of fused-ring (bicyclic) bond motifs is 1.